The van der Waals surface area contributed by atoms with Crippen molar-refractivity contribution in [3.05, 3.63) is 0 Å². The first kappa shape index (κ1) is 14.0. The summed E-state index contributed by atoms with van der Waals surface area (Å²) in [5, 5.41) is 18.0. The first-order chi connectivity index (χ1) is 7.83. The third kappa shape index (κ3) is 3.22. The third-order valence-corrected chi connectivity index (χ3v) is 4.65. The van der Waals surface area contributed by atoms with Crippen LogP contribution in [0.25, 0.3) is 0 Å². The Morgan fingerprint density at radius 3 is 2.12 bits per heavy atom. The second-order valence-corrected chi connectivity index (χ2v) is 6.84. The van der Waals surface area contributed by atoms with Gasteiger partial charge in [0, 0.05) is 0 Å². The molecule has 2 nitrogen and oxygen atoms in total. The van der Waals surface area contributed by atoms with Crippen LogP contribution in [-0.4, -0.2) is 0 Å². The van der Waals surface area contributed by atoms with E-state index in [9.17, 15) is 5.26 Å². The Kier molecular flexibility index (Phi) is 4.21. The van der Waals surface area contributed by atoms with E-state index < -0.39 is 0 Å². The number of rotatable bonds is 2. The molecule has 0 amide bonds. The van der Waals surface area contributed by atoms with Crippen molar-refractivity contribution in [3.8, 4) is 12.1 Å². The highest BCUT2D eigenvalue weighted by molar-refractivity contribution is 5.02. The molecule has 1 aliphatic carbocycles. The maximum atomic E-state index is 9.20. The molecule has 1 fully saturated rings. The molecule has 2 heteroatoms. The zero-order chi connectivity index (χ0) is 13.1. The first-order valence-corrected chi connectivity index (χ1v) is 6.60. The normalized spacial score (nSPS) is 31.3. The monoisotopic (exact) mass is 232 g/mol. The largest absolute Gasteiger partial charge is 0.198 e. The SMILES string of the molecule is CC(C)(C)C1CCC(C)(C(C#N)CC#N)CC1. The van der Waals surface area contributed by atoms with Crippen LogP contribution in [0.1, 0.15) is 59.8 Å². The molecule has 0 bridgehead atoms. The van der Waals surface area contributed by atoms with E-state index in [1.807, 2.05) is 0 Å². The Bertz CT molecular complexity index is 329. The van der Waals surface area contributed by atoms with Crippen molar-refractivity contribution in [2.24, 2.45) is 22.7 Å². The fourth-order valence-corrected chi connectivity index (χ4v) is 3.03. The van der Waals surface area contributed by atoms with Gasteiger partial charge in [-0.05, 0) is 42.4 Å². The predicted octanol–water partition coefficient (Wildman–Crippen LogP) is 4.28. The molecule has 0 heterocycles. The van der Waals surface area contributed by atoms with Gasteiger partial charge in [-0.15, -0.1) is 0 Å². The van der Waals surface area contributed by atoms with Gasteiger partial charge in [0.2, 0.25) is 0 Å². The molecule has 94 valence electrons. The molecule has 1 atom stereocenters. The minimum Gasteiger partial charge on any atom is -0.198 e. The van der Waals surface area contributed by atoms with Crippen LogP contribution in [0, 0.1) is 45.3 Å². The molecule has 1 rings (SSSR count). The van der Waals surface area contributed by atoms with E-state index in [-0.39, 0.29) is 11.3 Å². The second kappa shape index (κ2) is 5.09. The van der Waals surface area contributed by atoms with Crippen molar-refractivity contribution in [1.29, 1.82) is 10.5 Å². The van der Waals surface area contributed by atoms with Gasteiger partial charge in [0.15, 0.2) is 0 Å². The molecular weight excluding hydrogens is 208 g/mol. The topological polar surface area (TPSA) is 47.6 Å². The van der Waals surface area contributed by atoms with Crippen LogP contribution in [0.15, 0.2) is 0 Å². The molecule has 0 aromatic rings. The van der Waals surface area contributed by atoms with Gasteiger partial charge in [0.1, 0.15) is 0 Å². The highest BCUT2D eigenvalue weighted by Crippen LogP contribution is 2.49. The van der Waals surface area contributed by atoms with Crippen molar-refractivity contribution in [1.82, 2.24) is 0 Å². The number of hydrogen-bond donors (Lipinski definition) is 0. The maximum Gasteiger partial charge on any atom is 0.0672 e. The van der Waals surface area contributed by atoms with E-state index in [0.29, 0.717) is 11.8 Å². The van der Waals surface area contributed by atoms with Crippen LogP contribution < -0.4 is 0 Å². The summed E-state index contributed by atoms with van der Waals surface area (Å²) < 4.78 is 0. The lowest BCUT2D eigenvalue weighted by Gasteiger charge is -2.43. The van der Waals surface area contributed by atoms with Gasteiger partial charge in [0.05, 0.1) is 24.5 Å². The van der Waals surface area contributed by atoms with Crippen LogP contribution in [0.5, 0.6) is 0 Å². The minimum absolute atomic E-state index is 0.0617. The van der Waals surface area contributed by atoms with Crippen LogP contribution in [0.4, 0.5) is 0 Å². The maximum absolute atomic E-state index is 9.20. The van der Waals surface area contributed by atoms with E-state index in [2.05, 4.69) is 39.8 Å². The number of hydrogen-bond acceptors (Lipinski definition) is 2. The highest BCUT2D eigenvalue weighted by atomic mass is 14.5. The average Bonchev–Trinajstić information content (AvgIpc) is 2.25. The predicted molar refractivity (Wildman–Crippen MR) is 68.9 cm³/mol. The summed E-state index contributed by atoms with van der Waals surface area (Å²) in [4.78, 5) is 0. The van der Waals surface area contributed by atoms with Crippen molar-refractivity contribution < 1.29 is 0 Å². The minimum atomic E-state index is -0.0894. The van der Waals surface area contributed by atoms with Gasteiger partial charge in [0.25, 0.3) is 0 Å². The molecule has 1 unspecified atom stereocenters. The lowest BCUT2D eigenvalue weighted by Crippen LogP contribution is -2.35. The Balaban J connectivity index is 2.67. The van der Waals surface area contributed by atoms with Gasteiger partial charge in [-0.3, -0.25) is 0 Å². The summed E-state index contributed by atoms with van der Waals surface area (Å²) in [5.74, 6) is 0.672. The van der Waals surface area contributed by atoms with Crippen LogP contribution in [0.3, 0.4) is 0 Å². The van der Waals surface area contributed by atoms with Crippen molar-refractivity contribution in [3.63, 3.8) is 0 Å². The molecule has 0 radical (unpaired) electrons. The molecule has 0 aromatic heterocycles. The first-order valence-electron chi connectivity index (χ1n) is 6.60. The lowest BCUT2D eigenvalue weighted by molar-refractivity contribution is 0.0733. The van der Waals surface area contributed by atoms with Gasteiger partial charge >= 0.3 is 0 Å². The fourth-order valence-electron chi connectivity index (χ4n) is 3.03. The standard InChI is InChI=1S/C15H24N2/c1-14(2,3)12-5-8-15(4,9-6-12)13(11-17)7-10-16/h12-13H,5-9H2,1-4H3. The summed E-state index contributed by atoms with van der Waals surface area (Å²) in [6, 6.07) is 4.50. The van der Waals surface area contributed by atoms with Gasteiger partial charge in [-0.1, -0.05) is 27.7 Å². The molecule has 0 N–H and O–H groups in total. The summed E-state index contributed by atoms with van der Waals surface area (Å²) in [6.07, 6.45) is 4.96. The molecular formula is C15H24N2. The van der Waals surface area contributed by atoms with Gasteiger partial charge in [-0.2, -0.15) is 10.5 Å². The van der Waals surface area contributed by atoms with Crippen molar-refractivity contribution in [2.45, 2.75) is 59.8 Å². The third-order valence-electron chi connectivity index (χ3n) is 4.65. The second-order valence-electron chi connectivity index (χ2n) is 6.84. The Morgan fingerprint density at radius 1 is 1.24 bits per heavy atom. The van der Waals surface area contributed by atoms with Crippen LogP contribution in [0.2, 0.25) is 0 Å². The summed E-state index contributed by atoms with van der Waals surface area (Å²) >= 11 is 0. The highest BCUT2D eigenvalue weighted by Gasteiger charge is 2.40. The Morgan fingerprint density at radius 2 is 1.76 bits per heavy atom. The molecule has 1 saturated carbocycles. The summed E-state index contributed by atoms with van der Waals surface area (Å²) in [5.41, 5.74) is 0.435. The van der Waals surface area contributed by atoms with E-state index in [1.165, 1.54) is 12.8 Å². The van der Waals surface area contributed by atoms with E-state index in [1.54, 1.807) is 0 Å². The molecule has 0 aromatic carbocycles. The molecule has 0 aliphatic heterocycles. The number of nitriles is 2. The quantitative estimate of drug-likeness (QED) is 0.713. The van der Waals surface area contributed by atoms with Crippen molar-refractivity contribution in [2.75, 3.05) is 0 Å². The van der Waals surface area contributed by atoms with E-state index in [4.69, 9.17) is 5.26 Å². The summed E-state index contributed by atoms with van der Waals surface area (Å²) in [6.45, 7) is 9.10. The van der Waals surface area contributed by atoms with Crippen LogP contribution >= 0.6 is 0 Å². The number of nitrogens with zero attached hydrogens (tertiary/aromatic N) is 2. The zero-order valence-electron chi connectivity index (χ0n) is 11.6. The van der Waals surface area contributed by atoms with E-state index in [0.717, 1.165) is 18.8 Å². The van der Waals surface area contributed by atoms with Gasteiger partial charge in [-0.25, -0.2) is 0 Å². The fraction of sp³-hybridized carbons (Fsp3) is 0.867. The molecule has 0 spiro atoms. The Labute approximate surface area is 106 Å². The summed E-state index contributed by atoms with van der Waals surface area (Å²) in [7, 11) is 0. The zero-order valence-corrected chi connectivity index (χ0v) is 11.6. The van der Waals surface area contributed by atoms with Gasteiger partial charge < -0.3 is 0 Å². The molecule has 0 saturated heterocycles. The van der Waals surface area contributed by atoms with Crippen LogP contribution in [-0.2, 0) is 0 Å². The van der Waals surface area contributed by atoms with E-state index >= 15 is 0 Å². The average molecular weight is 232 g/mol. The molecule has 1 aliphatic rings. The smallest absolute Gasteiger partial charge is 0.0672 e. The van der Waals surface area contributed by atoms with Crippen molar-refractivity contribution >= 4 is 0 Å². The lowest BCUT2D eigenvalue weighted by atomic mass is 9.60. The Hall–Kier alpha value is -1.02. The molecule has 17 heavy (non-hydrogen) atoms.